The van der Waals surface area contributed by atoms with E-state index in [4.69, 9.17) is 11.6 Å². The van der Waals surface area contributed by atoms with Gasteiger partial charge in [-0.3, -0.25) is 13.9 Å². The van der Waals surface area contributed by atoms with Gasteiger partial charge in [0.1, 0.15) is 12.6 Å². The molecule has 174 valence electrons. The third kappa shape index (κ3) is 7.53. The van der Waals surface area contributed by atoms with Crippen LogP contribution in [0.15, 0.2) is 54.6 Å². The van der Waals surface area contributed by atoms with Crippen LogP contribution in [0.5, 0.6) is 0 Å². The highest BCUT2D eigenvalue weighted by molar-refractivity contribution is 7.92. The summed E-state index contributed by atoms with van der Waals surface area (Å²) >= 11 is 5.92. The van der Waals surface area contributed by atoms with Crippen molar-refractivity contribution in [1.29, 1.82) is 0 Å². The van der Waals surface area contributed by atoms with Crippen molar-refractivity contribution in [1.82, 2.24) is 10.2 Å². The summed E-state index contributed by atoms with van der Waals surface area (Å²) in [5.74, 6) is -0.730. The Morgan fingerprint density at radius 2 is 1.69 bits per heavy atom. The zero-order chi connectivity index (χ0) is 23.7. The van der Waals surface area contributed by atoms with E-state index in [-0.39, 0.29) is 12.5 Å². The Labute approximate surface area is 195 Å². The number of hydrogen-bond acceptors (Lipinski definition) is 4. The molecular weight excluding hydrogens is 450 g/mol. The van der Waals surface area contributed by atoms with Crippen LogP contribution < -0.4 is 9.62 Å². The van der Waals surface area contributed by atoms with Gasteiger partial charge < -0.3 is 10.2 Å². The van der Waals surface area contributed by atoms with Crippen LogP contribution in [0, 0.1) is 0 Å². The summed E-state index contributed by atoms with van der Waals surface area (Å²) in [4.78, 5) is 27.3. The molecule has 0 unspecified atom stereocenters. The minimum atomic E-state index is -3.74. The average Bonchev–Trinajstić information content (AvgIpc) is 2.76. The zero-order valence-electron chi connectivity index (χ0n) is 18.6. The van der Waals surface area contributed by atoms with Crippen LogP contribution in [-0.4, -0.2) is 57.1 Å². The van der Waals surface area contributed by atoms with Crippen LogP contribution in [0.2, 0.25) is 5.02 Å². The molecule has 0 bridgehead atoms. The van der Waals surface area contributed by atoms with Crippen molar-refractivity contribution in [3.8, 4) is 0 Å². The number of halogens is 1. The Morgan fingerprint density at radius 1 is 1.06 bits per heavy atom. The molecule has 2 rings (SSSR count). The number of anilines is 1. The van der Waals surface area contributed by atoms with Gasteiger partial charge in [0.15, 0.2) is 0 Å². The van der Waals surface area contributed by atoms with Gasteiger partial charge in [0.2, 0.25) is 21.8 Å². The summed E-state index contributed by atoms with van der Waals surface area (Å²) < 4.78 is 25.9. The van der Waals surface area contributed by atoms with E-state index < -0.39 is 28.5 Å². The average molecular weight is 480 g/mol. The first kappa shape index (κ1) is 25.7. The second-order valence-corrected chi connectivity index (χ2v) is 9.88. The van der Waals surface area contributed by atoms with Crippen molar-refractivity contribution in [3.05, 3.63) is 65.2 Å². The standard InChI is InChI=1S/C23H30ClN3O4S/c1-4-15-25-23(29)18(2)26(16-14-19-8-6-5-7-9-19)22(28)17-27(32(3,30)31)21-12-10-20(24)11-13-21/h5-13,18H,4,14-17H2,1-3H3,(H,25,29)/t18-/m0/s1. The van der Waals surface area contributed by atoms with Gasteiger partial charge >= 0.3 is 0 Å². The minimum absolute atomic E-state index is 0.273. The Balaban J connectivity index is 2.27. The molecule has 0 aliphatic rings. The Kier molecular flexibility index (Phi) is 9.53. The fraction of sp³-hybridized carbons (Fsp3) is 0.391. The lowest BCUT2D eigenvalue weighted by molar-refractivity contribution is -0.138. The molecular formula is C23H30ClN3O4S. The first-order valence-electron chi connectivity index (χ1n) is 10.5. The molecule has 0 spiro atoms. The van der Waals surface area contributed by atoms with Gasteiger partial charge in [0.05, 0.1) is 11.9 Å². The van der Waals surface area contributed by atoms with E-state index >= 15 is 0 Å². The Morgan fingerprint density at radius 3 is 2.25 bits per heavy atom. The first-order valence-corrected chi connectivity index (χ1v) is 12.7. The predicted octanol–water partition coefficient (Wildman–Crippen LogP) is 3.09. The second kappa shape index (κ2) is 11.9. The highest BCUT2D eigenvalue weighted by Gasteiger charge is 2.29. The van der Waals surface area contributed by atoms with Crippen LogP contribution >= 0.6 is 11.6 Å². The van der Waals surface area contributed by atoms with Gasteiger partial charge in [-0.05, 0) is 49.6 Å². The number of sulfonamides is 1. The van der Waals surface area contributed by atoms with Crippen molar-refractivity contribution >= 4 is 39.1 Å². The Hall–Kier alpha value is -2.58. The topological polar surface area (TPSA) is 86.8 Å². The molecule has 0 fully saturated rings. The number of carbonyl (C=O) groups is 2. The van der Waals surface area contributed by atoms with E-state index in [1.807, 2.05) is 37.3 Å². The first-order chi connectivity index (χ1) is 15.1. The third-order valence-electron chi connectivity index (χ3n) is 4.99. The summed E-state index contributed by atoms with van der Waals surface area (Å²) in [6.45, 7) is 3.97. The third-order valence-corrected chi connectivity index (χ3v) is 6.39. The number of nitrogens with one attached hydrogen (secondary N) is 1. The SMILES string of the molecule is CCCNC(=O)[C@H](C)N(CCc1ccccc1)C(=O)CN(c1ccc(Cl)cc1)S(C)(=O)=O. The van der Waals surface area contributed by atoms with Crippen molar-refractivity contribution in [2.24, 2.45) is 0 Å². The number of amides is 2. The van der Waals surface area contributed by atoms with Crippen LogP contribution in [0.1, 0.15) is 25.8 Å². The van der Waals surface area contributed by atoms with Crippen molar-refractivity contribution in [2.45, 2.75) is 32.7 Å². The maximum absolute atomic E-state index is 13.3. The minimum Gasteiger partial charge on any atom is -0.354 e. The number of benzene rings is 2. The van der Waals surface area contributed by atoms with Gasteiger partial charge in [-0.1, -0.05) is 48.9 Å². The highest BCUT2D eigenvalue weighted by Crippen LogP contribution is 2.21. The van der Waals surface area contributed by atoms with E-state index in [2.05, 4.69) is 5.32 Å². The summed E-state index contributed by atoms with van der Waals surface area (Å²) in [5.41, 5.74) is 1.35. The number of rotatable bonds is 11. The predicted molar refractivity (Wildman–Crippen MR) is 128 cm³/mol. The fourth-order valence-corrected chi connectivity index (χ4v) is 4.16. The molecule has 2 aromatic rings. The van der Waals surface area contributed by atoms with E-state index in [1.165, 1.54) is 4.90 Å². The van der Waals surface area contributed by atoms with Crippen molar-refractivity contribution in [2.75, 3.05) is 30.2 Å². The second-order valence-electron chi connectivity index (χ2n) is 7.54. The quantitative estimate of drug-likeness (QED) is 0.536. The number of carbonyl (C=O) groups excluding carboxylic acids is 2. The molecule has 0 radical (unpaired) electrons. The lowest BCUT2D eigenvalue weighted by Gasteiger charge is -2.31. The molecule has 1 N–H and O–H groups in total. The molecule has 2 aromatic carbocycles. The number of nitrogens with zero attached hydrogens (tertiary/aromatic N) is 2. The Bertz CT molecular complexity index is 998. The molecule has 32 heavy (non-hydrogen) atoms. The maximum Gasteiger partial charge on any atom is 0.244 e. The van der Waals surface area contributed by atoms with Gasteiger partial charge in [-0.15, -0.1) is 0 Å². The van der Waals surface area contributed by atoms with Gasteiger partial charge in [-0.2, -0.15) is 0 Å². The molecule has 0 aliphatic carbocycles. The van der Waals surface area contributed by atoms with Crippen LogP contribution in [0.3, 0.4) is 0 Å². The lowest BCUT2D eigenvalue weighted by Crippen LogP contribution is -2.52. The number of hydrogen-bond donors (Lipinski definition) is 1. The van der Waals surface area contributed by atoms with Crippen LogP contribution in [-0.2, 0) is 26.0 Å². The highest BCUT2D eigenvalue weighted by atomic mass is 35.5. The molecule has 0 aliphatic heterocycles. The summed E-state index contributed by atoms with van der Waals surface area (Å²) in [5, 5.41) is 3.27. The van der Waals surface area contributed by atoms with Crippen molar-refractivity contribution in [3.63, 3.8) is 0 Å². The molecule has 0 saturated heterocycles. The molecule has 0 saturated carbocycles. The van der Waals surface area contributed by atoms with Crippen LogP contribution in [0.4, 0.5) is 5.69 Å². The largest absolute Gasteiger partial charge is 0.354 e. The summed E-state index contributed by atoms with van der Waals surface area (Å²) in [7, 11) is -3.74. The monoisotopic (exact) mass is 479 g/mol. The fourth-order valence-electron chi connectivity index (χ4n) is 3.19. The summed E-state index contributed by atoms with van der Waals surface area (Å²) in [6, 6.07) is 15.1. The molecule has 1 atom stereocenters. The molecule has 2 amide bonds. The van der Waals surface area contributed by atoms with E-state index in [0.717, 1.165) is 22.5 Å². The lowest BCUT2D eigenvalue weighted by atomic mass is 10.1. The normalized spacial score (nSPS) is 12.1. The molecule has 0 aromatic heterocycles. The van der Waals surface area contributed by atoms with E-state index in [9.17, 15) is 18.0 Å². The smallest absolute Gasteiger partial charge is 0.244 e. The maximum atomic E-state index is 13.3. The van der Waals surface area contributed by atoms with Gasteiger partial charge in [-0.25, -0.2) is 8.42 Å². The van der Waals surface area contributed by atoms with E-state index in [0.29, 0.717) is 23.7 Å². The van der Waals surface area contributed by atoms with Gasteiger partial charge in [0, 0.05) is 18.1 Å². The molecule has 9 heteroatoms. The van der Waals surface area contributed by atoms with Gasteiger partial charge in [0.25, 0.3) is 0 Å². The van der Waals surface area contributed by atoms with Crippen LogP contribution in [0.25, 0.3) is 0 Å². The molecule has 7 nitrogen and oxygen atoms in total. The van der Waals surface area contributed by atoms with E-state index in [1.54, 1.807) is 31.2 Å². The zero-order valence-corrected chi connectivity index (χ0v) is 20.2. The van der Waals surface area contributed by atoms with Crippen molar-refractivity contribution < 1.29 is 18.0 Å². The molecule has 0 heterocycles. The summed E-state index contributed by atoms with van der Waals surface area (Å²) in [6.07, 6.45) is 2.35.